The second-order valence-electron chi connectivity index (χ2n) is 4.88. The predicted octanol–water partition coefficient (Wildman–Crippen LogP) is 3.39. The molecule has 1 N–H and O–H groups in total. The zero-order valence-corrected chi connectivity index (χ0v) is 10.3. The summed E-state index contributed by atoms with van der Waals surface area (Å²) in [6.07, 6.45) is 9.95. The number of halogens is 1. The monoisotopic (exact) mass is 237 g/mol. The predicted molar refractivity (Wildman–Crippen MR) is 66.3 cm³/mol. The Bertz CT molecular complexity index is 331. The third kappa shape index (κ3) is 3.65. The molecule has 1 heterocycles. The molecule has 1 aromatic heterocycles. The van der Waals surface area contributed by atoms with Gasteiger partial charge in [-0.25, -0.2) is 14.4 Å². The third-order valence-corrected chi connectivity index (χ3v) is 3.50. The fraction of sp³-hybridized carbons (Fsp3) is 0.692. The van der Waals surface area contributed by atoms with Crippen molar-refractivity contribution in [1.29, 1.82) is 0 Å². The minimum Gasteiger partial charge on any atom is -0.351 e. The van der Waals surface area contributed by atoms with E-state index in [0.29, 0.717) is 12.0 Å². The summed E-state index contributed by atoms with van der Waals surface area (Å²) in [5.74, 6) is 1.06. The van der Waals surface area contributed by atoms with Crippen LogP contribution in [0.25, 0.3) is 0 Å². The number of hydrogen-bond acceptors (Lipinski definition) is 3. The van der Waals surface area contributed by atoms with Gasteiger partial charge in [0, 0.05) is 6.04 Å². The maximum atomic E-state index is 12.6. The van der Waals surface area contributed by atoms with Gasteiger partial charge in [-0.2, -0.15) is 0 Å². The smallest absolute Gasteiger partial charge is 0.222 e. The van der Waals surface area contributed by atoms with Crippen molar-refractivity contribution < 1.29 is 4.39 Å². The van der Waals surface area contributed by atoms with Gasteiger partial charge in [0.25, 0.3) is 0 Å². The molecule has 1 aliphatic carbocycles. The molecule has 1 saturated carbocycles. The van der Waals surface area contributed by atoms with Gasteiger partial charge < -0.3 is 5.32 Å². The Morgan fingerprint density at radius 2 is 1.88 bits per heavy atom. The van der Waals surface area contributed by atoms with Crippen molar-refractivity contribution in [3.8, 4) is 0 Å². The lowest BCUT2D eigenvalue weighted by atomic mass is 9.83. The molecule has 0 amide bonds. The van der Waals surface area contributed by atoms with Crippen molar-refractivity contribution >= 4 is 5.95 Å². The molecule has 1 fully saturated rings. The summed E-state index contributed by atoms with van der Waals surface area (Å²) >= 11 is 0. The highest BCUT2D eigenvalue weighted by Crippen LogP contribution is 2.28. The van der Waals surface area contributed by atoms with Crippen molar-refractivity contribution in [2.75, 3.05) is 5.32 Å². The van der Waals surface area contributed by atoms with Crippen molar-refractivity contribution in [1.82, 2.24) is 9.97 Å². The van der Waals surface area contributed by atoms with E-state index in [2.05, 4.69) is 22.2 Å². The van der Waals surface area contributed by atoms with Gasteiger partial charge in [0.2, 0.25) is 5.95 Å². The number of rotatable bonds is 4. The average molecular weight is 237 g/mol. The van der Waals surface area contributed by atoms with Crippen LogP contribution in [0.15, 0.2) is 12.4 Å². The zero-order valence-electron chi connectivity index (χ0n) is 10.3. The van der Waals surface area contributed by atoms with E-state index in [1.165, 1.54) is 50.9 Å². The lowest BCUT2D eigenvalue weighted by molar-refractivity contribution is 0.318. The molecular formula is C13H20FN3. The maximum absolute atomic E-state index is 12.6. The van der Waals surface area contributed by atoms with Gasteiger partial charge in [-0.05, 0) is 31.6 Å². The highest BCUT2D eigenvalue weighted by molar-refractivity contribution is 5.24. The first-order chi connectivity index (χ1) is 8.28. The molecule has 94 valence electrons. The Morgan fingerprint density at radius 3 is 2.47 bits per heavy atom. The fourth-order valence-electron chi connectivity index (χ4n) is 2.57. The number of nitrogens with one attached hydrogen (secondary N) is 1. The van der Waals surface area contributed by atoms with Crippen LogP contribution in [-0.4, -0.2) is 16.0 Å². The van der Waals surface area contributed by atoms with Crippen LogP contribution < -0.4 is 5.32 Å². The number of hydrogen-bond donors (Lipinski definition) is 1. The van der Waals surface area contributed by atoms with Gasteiger partial charge in [0.1, 0.15) is 0 Å². The number of anilines is 1. The molecule has 0 bridgehead atoms. The van der Waals surface area contributed by atoms with Crippen molar-refractivity contribution in [3.05, 3.63) is 18.2 Å². The molecule has 17 heavy (non-hydrogen) atoms. The minimum atomic E-state index is -0.387. The van der Waals surface area contributed by atoms with E-state index in [9.17, 15) is 4.39 Å². The summed E-state index contributed by atoms with van der Waals surface area (Å²) in [5.41, 5.74) is 0. The summed E-state index contributed by atoms with van der Waals surface area (Å²) < 4.78 is 12.6. The van der Waals surface area contributed by atoms with Crippen LogP contribution in [-0.2, 0) is 0 Å². The Hall–Kier alpha value is -1.19. The van der Waals surface area contributed by atoms with Crippen LogP contribution in [0.4, 0.5) is 10.3 Å². The largest absolute Gasteiger partial charge is 0.351 e. The molecule has 0 aliphatic heterocycles. The van der Waals surface area contributed by atoms with Gasteiger partial charge in [-0.3, -0.25) is 0 Å². The normalized spacial score (nSPS) is 24.6. The number of nitrogens with zero attached hydrogens (tertiary/aromatic N) is 2. The van der Waals surface area contributed by atoms with E-state index < -0.39 is 0 Å². The maximum Gasteiger partial charge on any atom is 0.222 e. The van der Waals surface area contributed by atoms with E-state index in [0.717, 1.165) is 5.92 Å². The van der Waals surface area contributed by atoms with Gasteiger partial charge in [0.05, 0.1) is 12.4 Å². The Balaban J connectivity index is 1.79. The Kier molecular flexibility index (Phi) is 4.29. The topological polar surface area (TPSA) is 37.8 Å². The minimum absolute atomic E-state index is 0.387. The Labute approximate surface area is 102 Å². The molecule has 4 heteroatoms. The van der Waals surface area contributed by atoms with Gasteiger partial charge in [-0.15, -0.1) is 0 Å². The van der Waals surface area contributed by atoms with Gasteiger partial charge in [0.15, 0.2) is 5.82 Å². The third-order valence-electron chi connectivity index (χ3n) is 3.50. The Morgan fingerprint density at radius 1 is 1.24 bits per heavy atom. The van der Waals surface area contributed by atoms with Crippen LogP contribution in [0.1, 0.15) is 45.4 Å². The molecule has 0 radical (unpaired) electrons. The standard InChI is InChI=1S/C13H20FN3/c1-2-3-10-4-6-12(7-5-10)17-13-15-8-11(14)9-16-13/h8-10,12H,2-7H2,1H3,(H,15,16,17). The molecule has 0 aromatic carbocycles. The lowest BCUT2D eigenvalue weighted by Gasteiger charge is -2.28. The average Bonchev–Trinajstić information content (AvgIpc) is 2.35. The fourth-order valence-corrected chi connectivity index (χ4v) is 2.57. The van der Waals surface area contributed by atoms with E-state index in [-0.39, 0.29) is 5.82 Å². The molecular weight excluding hydrogens is 217 g/mol. The molecule has 0 unspecified atom stereocenters. The van der Waals surface area contributed by atoms with Crippen LogP contribution in [0.5, 0.6) is 0 Å². The van der Waals surface area contributed by atoms with Gasteiger partial charge >= 0.3 is 0 Å². The lowest BCUT2D eigenvalue weighted by Crippen LogP contribution is -2.26. The van der Waals surface area contributed by atoms with Crippen LogP contribution in [0.2, 0.25) is 0 Å². The molecule has 1 aromatic rings. The summed E-state index contributed by atoms with van der Waals surface area (Å²) in [4.78, 5) is 7.86. The summed E-state index contributed by atoms with van der Waals surface area (Å²) in [6.45, 7) is 2.25. The molecule has 1 aliphatic rings. The van der Waals surface area contributed by atoms with E-state index in [1.54, 1.807) is 0 Å². The van der Waals surface area contributed by atoms with Gasteiger partial charge in [-0.1, -0.05) is 19.8 Å². The summed E-state index contributed by atoms with van der Waals surface area (Å²) in [6, 6.07) is 0.452. The molecule has 0 saturated heterocycles. The van der Waals surface area contributed by atoms with Crippen LogP contribution in [0, 0.1) is 11.7 Å². The van der Waals surface area contributed by atoms with Crippen molar-refractivity contribution in [3.63, 3.8) is 0 Å². The second kappa shape index (κ2) is 5.94. The van der Waals surface area contributed by atoms with Crippen molar-refractivity contribution in [2.24, 2.45) is 5.92 Å². The molecule has 0 spiro atoms. The highest BCUT2D eigenvalue weighted by Gasteiger charge is 2.20. The zero-order chi connectivity index (χ0) is 12.1. The molecule has 3 nitrogen and oxygen atoms in total. The quantitative estimate of drug-likeness (QED) is 0.872. The highest BCUT2D eigenvalue weighted by atomic mass is 19.1. The van der Waals surface area contributed by atoms with E-state index in [1.807, 2.05) is 0 Å². The van der Waals surface area contributed by atoms with Crippen LogP contribution in [0.3, 0.4) is 0 Å². The second-order valence-corrected chi connectivity index (χ2v) is 4.88. The summed E-state index contributed by atoms with van der Waals surface area (Å²) in [7, 11) is 0. The first-order valence-electron chi connectivity index (χ1n) is 6.52. The van der Waals surface area contributed by atoms with E-state index >= 15 is 0 Å². The number of aromatic nitrogens is 2. The van der Waals surface area contributed by atoms with E-state index in [4.69, 9.17) is 0 Å². The first kappa shape index (κ1) is 12.3. The molecule has 0 atom stereocenters. The summed E-state index contributed by atoms with van der Waals surface area (Å²) in [5, 5.41) is 3.28. The first-order valence-corrected chi connectivity index (χ1v) is 6.52. The SMILES string of the molecule is CCCC1CCC(Nc2ncc(F)cn2)CC1. The van der Waals surface area contributed by atoms with Crippen LogP contribution >= 0.6 is 0 Å². The molecule has 2 rings (SSSR count). The van der Waals surface area contributed by atoms with Crippen molar-refractivity contribution in [2.45, 2.75) is 51.5 Å².